The number of hydrogen-bond donors (Lipinski definition) is 1. The van der Waals surface area contributed by atoms with Gasteiger partial charge >= 0.3 is 0 Å². The molecule has 19 heavy (non-hydrogen) atoms. The van der Waals surface area contributed by atoms with E-state index >= 15 is 0 Å². The van der Waals surface area contributed by atoms with Crippen LogP contribution < -0.4 is 5.32 Å². The molecule has 6 heteroatoms. The maximum Gasteiger partial charge on any atom is 0.246 e. The fourth-order valence-corrected chi connectivity index (χ4v) is 2.52. The molecule has 0 aliphatic carbocycles. The monoisotopic (exact) mass is 323 g/mol. The number of rotatable bonds is 2. The molecule has 0 radical (unpaired) electrons. The molecule has 2 aromatic rings. The standard InChI is InChI=1S/C13H14BrN3O2/c1-8-11(15-5-6-18-8)13-16-12(17-19-13)9-3-2-4-10(14)7-9/h2-4,7-8,11,15H,5-6H2,1H3/t8-,11+/m1/s1. The van der Waals surface area contributed by atoms with Crippen LogP contribution in [0.25, 0.3) is 11.4 Å². The van der Waals surface area contributed by atoms with E-state index < -0.39 is 0 Å². The Morgan fingerprint density at radius 3 is 3.11 bits per heavy atom. The topological polar surface area (TPSA) is 60.2 Å². The molecule has 0 spiro atoms. The van der Waals surface area contributed by atoms with Gasteiger partial charge < -0.3 is 14.6 Å². The van der Waals surface area contributed by atoms with Crippen LogP contribution in [-0.4, -0.2) is 29.4 Å². The summed E-state index contributed by atoms with van der Waals surface area (Å²) in [5.74, 6) is 1.16. The van der Waals surface area contributed by atoms with Crippen LogP contribution in [0.1, 0.15) is 18.9 Å². The van der Waals surface area contributed by atoms with Crippen LogP contribution in [-0.2, 0) is 4.74 Å². The fourth-order valence-electron chi connectivity index (χ4n) is 2.12. The van der Waals surface area contributed by atoms with Crippen molar-refractivity contribution in [3.8, 4) is 11.4 Å². The first-order chi connectivity index (χ1) is 9.24. The average molecular weight is 324 g/mol. The summed E-state index contributed by atoms with van der Waals surface area (Å²) in [4.78, 5) is 4.45. The highest BCUT2D eigenvalue weighted by Crippen LogP contribution is 2.24. The Morgan fingerprint density at radius 1 is 1.42 bits per heavy atom. The second-order valence-electron chi connectivity index (χ2n) is 4.47. The molecule has 0 bridgehead atoms. The van der Waals surface area contributed by atoms with Crippen LogP contribution in [0, 0.1) is 0 Å². The van der Waals surface area contributed by atoms with E-state index in [1.54, 1.807) is 0 Å². The third kappa shape index (κ3) is 2.70. The van der Waals surface area contributed by atoms with Crippen molar-refractivity contribution >= 4 is 15.9 Å². The van der Waals surface area contributed by atoms with Gasteiger partial charge in [0.25, 0.3) is 0 Å². The van der Waals surface area contributed by atoms with Gasteiger partial charge in [0.05, 0.1) is 12.7 Å². The number of halogens is 1. The van der Waals surface area contributed by atoms with Gasteiger partial charge in [-0.2, -0.15) is 4.98 Å². The molecule has 1 fully saturated rings. The molecule has 1 N–H and O–H groups in total. The molecule has 100 valence electrons. The Balaban J connectivity index is 1.86. The third-order valence-electron chi connectivity index (χ3n) is 3.11. The molecular formula is C13H14BrN3O2. The number of ether oxygens (including phenoxy) is 1. The van der Waals surface area contributed by atoms with Crippen molar-refractivity contribution in [3.05, 3.63) is 34.6 Å². The van der Waals surface area contributed by atoms with Crippen LogP contribution in [0.5, 0.6) is 0 Å². The lowest BCUT2D eigenvalue weighted by Gasteiger charge is -2.27. The van der Waals surface area contributed by atoms with Crippen molar-refractivity contribution in [1.29, 1.82) is 0 Å². The maximum absolute atomic E-state index is 5.58. The number of nitrogens with one attached hydrogen (secondary N) is 1. The molecule has 0 amide bonds. The van der Waals surface area contributed by atoms with E-state index in [0.717, 1.165) is 16.6 Å². The van der Waals surface area contributed by atoms with Crippen molar-refractivity contribution in [3.63, 3.8) is 0 Å². The second kappa shape index (κ2) is 5.40. The summed E-state index contributed by atoms with van der Waals surface area (Å²) in [6, 6.07) is 7.78. The Kier molecular flexibility index (Phi) is 3.63. The zero-order valence-corrected chi connectivity index (χ0v) is 12.1. The summed E-state index contributed by atoms with van der Waals surface area (Å²) in [6.45, 7) is 3.51. The van der Waals surface area contributed by atoms with Gasteiger partial charge in [-0.1, -0.05) is 33.2 Å². The lowest BCUT2D eigenvalue weighted by Crippen LogP contribution is -2.40. The van der Waals surface area contributed by atoms with E-state index in [1.165, 1.54) is 0 Å². The molecular weight excluding hydrogens is 310 g/mol. The van der Waals surface area contributed by atoms with E-state index in [4.69, 9.17) is 9.26 Å². The molecule has 1 aliphatic heterocycles. The van der Waals surface area contributed by atoms with Crippen LogP contribution in [0.4, 0.5) is 0 Å². The van der Waals surface area contributed by atoms with Crippen LogP contribution in [0.2, 0.25) is 0 Å². The summed E-state index contributed by atoms with van der Waals surface area (Å²) >= 11 is 3.43. The summed E-state index contributed by atoms with van der Waals surface area (Å²) in [6.07, 6.45) is 0.0320. The first-order valence-electron chi connectivity index (χ1n) is 6.18. The highest BCUT2D eigenvalue weighted by molar-refractivity contribution is 9.10. The van der Waals surface area contributed by atoms with Crippen molar-refractivity contribution in [2.45, 2.75) is 19.1 Å². The lowest BCUT2D eigenvalue weighted by molar-refractivity contribution is -0.00136. The zero-order chi connectivity index (χ0) is 13.2. The third-order valence-corrected chi connectivity index (χ3v) is 3.60. The summed E-state index contributed by atoms with van der Waals surface area (Å²) < 4.78 is 11.9. The van der Waals surface area contributed by atoms with Gasteiger partial charge in [-0.15, -0.1) is 0 Å². The maximum atomic E-state index is 5.58. The molecule has 1 aliphatic rings. The van der Waals surface area contributed by atoms with Crippen LogP contribution >= 0.6 is 15.9 Å². The first-order valence-corrected chi connectivity index (χ1v) is 6.98. The van der Waals surface area contributed by atoms with Gasteiger partial charge in [0, 0.05) is 16.6 Å². The van der Waals surface area contributed by atoms with E-state index in [9.17, 15) is 0 Å². The summed E-state index contributed by atoms with van der Waals surface area (Å²) in [7, 11) is 0. The van der Waals surface area contributed by atoms with E-state index in [1.807, 2.05) is 31.2 Å². The van der Waals surface area contributed by atoms with Gasteiger partial charge in [-0.3, -0.25) is 0 Å². The second-order valence-corrected chi connectivity index (χ2v) is 5.39. The highest BCUT2D eigenvalue weighted by Gasteiger charge is 2.28. The fraction of sp³-hybridized carbons (Fsp3) is 0.385. The molecule has 2 atom stereocenters. The SMILES string of the molecule is C[C@H]1OCCN[C@@H]1c1nc(-c2cccc(Br)c2)no1. The number of aromatic nitrogens is 2. The number of morpholine rings is 1. The number of nitrogens with zero attached hydrogens (tertiary/aromatic N) is 2. The Bertz CT molecular complexity index is 573. The minimum atomic E-state index is -0.0397. The Hall–Kier alpha value is -1.24. The zero-order valence-electron chi connectivity index (χ0n) is 10.5. The predicted octanol–water partition coefficient (Wildman–Crippen LogP) is 2.55. The summed E-state index contributed by atoms with van der Waals surface area (Å²) in [5.41, 5.74) is 0.925. The van der Waals surface area contributed by atoms with Gasteiger partial charge in [0.15, 0.2) is 0 Å². The van der Waals surface area contributed by atoms with Gasteiger partial charge in [-0.05, 0) is 19.1 Å². The molecule has 2 heterocycles. The van der Waals surface area contributed by atoms with Crippen molar-refractivity contribution in [2.75, 3.05) is 13.2 Å². The minimum Gasteiger partial charge on any atom is -0.375 e. The number of benzene rings is 1. The molecule has 1 saturated heterocycles. The molecule has 3 rings (SSSR count). The van der Waals surface area contributed by atoms with Crippen molar-refractivity contribution in [2.24, 2.45) is 0 Å². The molecule has 5 nitrogen and oxygen atoms in total. The molecule has 0 saturated carbocycles. The predicted molar refractivity (Wildman–Crippen MR) is 73.6 cm³/mol. The van der Waals surface area contributed by atoms with Gasteiger partial charge in [-0.25, -0.2) is 0 Å². The lowest BCUT2D eigenvalue weighted by atomic mass is 10.1. The van der Waals surface area contributed by atoms with Crippen molar-refractivity contribution < 1.29 is 9.26 Å². The van der Waals surface area contributed by atoms with Crippen LogP contribution in [0.15, 0.2) is 33.3 Å². The Morgan fingerprint density at radius 2 is 2.32 bits per heavy atom. The van der Waals surface area contributed by atoms with Gasteiger partial charge in [0.2, 0.25) is 11.7 Å². The van der Waals surface area contributed by atoms with Crippen molar-refractivity contribution in [1.82, 2.24) is 15.5 Å². The Labute approximate surface area is 119 Å². The average Bonchev–Trinajstić information content (AvgIpc) is 2.89. The van der Waals surface area contributed by atoms with Crippen LogP contribution in [0.3, 0.4) is 0 Å². The van der Waals surface area contributed by atoms with E-state index in [0.29, 0.717) is 18.3 Å². The molecule has 1 aromatic heterocycles. The molecule has 1 aromatic carbocycles. The number of hydrogen-bond acceptors (Lipinski definition) is 5. The van der Waals surface area contributed by atoms with Gasteiger partial charge in [0.1, 0.15) is 6.04 Å². The van der Waals surface area contributed by atoms with E-state index in [2.05, 4.69) is 31.4 Å². The quantitative estimate of drug-likeness (QED) is 0.920. The highest BCUT2D eigenvalue weighted by atomic mass is 79.9. The van der Waals surface area contributed by atoms with E-state index in [-0.39, 0.29) is 12.1 Å². The normalized spacial score (nSPS) is 23.5. The summed E-state index contributed by atoms with van der Waals surface area (Å²) in [5, 5.41) is 7.37. The largest absolute Gasteiger partial charge is 0.375 e. The molecule has 0 unspecified atom stereocenters. The minimum absolute atomic E-state index is 0.0320. The smallest absolute Gasteiger partial charge is 0.246 e. The first kappa shape index (κ1) is 12.8.